The molecule has 0 saturated carbocycles. The molecule has 1 heterocycles. The Bertz CT molecular complexity index is 572. The molecule has 1 aromatic rings. The van der Waals surface area contributed by atoms with Gasteiger partial charge in [0.2, 0.25) is 5.91 Å². The second-order valence-corrected chi connectivity index (χ2v) is 5.31. The van der Waals surface area contributed by atoms with E-state index in [1.54, 1.807) is 4.90 Å². The summed E-state index contributed by atoms with van der Waals surface area (Å²) in [6.07, 6.45) is -1.19. The van der Waals surface area contributed by atoms with Gasteiger partial charge in [-0.3, -0.25) is 4.79 Å². The Morgan fingerprint density at radius 3 is 2.71 bits per heavy atom. The number of likely N-dealkylation sites (tertiary alicyclic amines) is 1. The van der Waals surface area contributed by atoms with Crippen molar-refractivity contribution in [1.82, 2.24) is 4.90 Å². The van der Waals surface area contributed by atoms with Crippen molar-refractivity contribution in [1.29, 1.82) is 0 Å². The lowest BCUT2D eigenvalue weighted by Crippen LogP contribution is -2.30. The minimum absolute atomic E-state index is 0.0327. The van der Waals surface area contributed by atoms with E-state index in [9.17, 15) is 18.0 Å². The zero-order valence-electron chi connectivity index (χ0n) is 11.0. The average molecular weight is 319 g/mol. The van der Waals surface area contributed by atoms with Crippen LogP contribution in [-0.4, -0.2) is 29.9 Å². The molecule has 2 rings (SSSR count). The topological polar surface area (TPSA) is 46.3 Å². The Labute approximate surface area is 125 Å². The van der Waals surface area contributed by atoms with Crippen molar-refractivity contribution in [2.45, 2.75) is 18.6 Å². The summed E-state index contributed by atoms with van der Waals surface area (Å²) in [5.74, 6) is -0.258. The predicted octanol–water partition coefficient (Wildman–Crippen LogP) is 2.93. The van der Waals surface area contributed by atoms with Gasteiger partial charge >= 0.3 is 6.18 Å². The number of amides is 1. The van der Waals surface area contributed by atoms with Gasteiger partial charge in [-0.1, -0.05) is 17.7 Å². The lowest BCUT2D eigenvalue weighted by molar-refractivity contribution is -0.137. The third-order valence-corrected chi connectivity index (χ3v) is 3.58. The maximum absolute atomic E-state index is 12.7. The minimum atomic E-state index is -4.52. The molecule has 0 aliphatic carbocycles. The van der Waals surface area contributed by atoms with E-state index in [0.29, 0.717) is 13.1 Å². The zero-order valence-corrected chi connectivity index (χ0v) is 11.8. The standard InChI is InChI=1S/C14H14ClF3N2O/c15-12-3-1-9(7-11(12)14(16,17)18)2-4-13(21)20-6-5-10(19)8-20/h1-4,7,10H,5-6,8,19H2/b4-2+/t10-/m0/s1. The first-order valence-corrected chi connectivity index (χ1v) is 6.74. The molecule has 0 radical (unpaired) electrons. The van der Waals surface area contributed by atoms with Crippen molar-refractivity contribution in [2.24, 2.45) is 5.73 Å². The molecule has 1 saturated heterocycles. The van der Waals surface area contributed by atoms with Gasteiger partial charge in [0.05, 0.1) is 10.6 Å². The Balaban J connectivity index is 2.13. The highest BCUT2D eigenvalue weighted by Gasteiger charge is 2.33. The van der Waals surface area contributed by atoms with Gasteiger partial charge in [-0.25, -0.2) is 0 Å². The fraction of sp³-hybridized carbons (Fsp3) is 0.357. The van der Waals surface area contributed by atoms with E-state index in [-0.39, 0.29) is 22.5 Å². The van der Waals surface area contributed by atoms with Crippen LogP contribution in [0.1, 0.15) is 17.5 Å². The molecule has 0 unspecified atom stereocenters. The van der Waals surface area contributed by atoms with Crippen LogP contribution in [0.2, 0.25) is 5.02 Å². The molecule has 0 spiro atoms. The minimum Gasteiger partial charge on any atom is -0.338 e. The molecule has 0 bridgehead atoms. The Hall–Kier alpha value is -1.53. The van der Waals surface area contributed by atoms with E-state index in [1.807, 2.05) is 0 Å². The van der Waals surface area contributed by atoms with Crippen LogP contribution in [0.25, 0.3) is 6.08 Å². The van der Waals surface area contributed by atoms with Crippen molar-refractivity contribution < 1.29 is 18.0 Å². The molecule has 1 fully saturated rings. The van der Waals surface area contributed by atoms with Crippen LogP contribution in [0.5, 0.6) is 0 Å². The molecule has 1 aliphatic rings. The number of hydrogen-bond acceptors (Lipinski definition) is 2. The first-order valence-electron chi connectivity index (χ1n) is 6.36. The number of nitrogens with two attached hydrogens (primary N) is 1. The lowest BCUT2D eigenvalue weighted by atomic mass is 10.1. The summed E-state index contributed by atoms with van der Waals surface area (Å²) in [7, 11) is 0. The SMILES string of the molecule is N[C@H]1CCN(C(=O)/C=C/c2ccc(Cl)c(C(F)(F)F)c2)C1. The van der Waals surface area contributed by atoms with Gasteiger partial charge in [0.15, 0.2) is 0 Å². The van der Waals surface area contributed by atoms with Crippen LogP contribution in [0.15, 0.2) is 24.3 Å². The molecule has 1 amide bonds. The highest BCUT2D eigenvalue weighted by Crippen LogP contribution is 2.35. The maximum Gasteiger partial charge on any atom is 0.417 e. The normalized spacial score (nSPS) is 19.5. The highest BCUT2D eigenvalue weighted by atomic mass is 35.5. The van der Waals surface area contributed by atoms with Gasteiger partial charge in [0, 0.05) is 25.2 Å². The number of benzene rings is 1. The van der Waals surface area contributed by atoms with Crippen LogP contribution in [-0.2, 0) is 11.0 Å². The van der Waals surface area contributed by atoms with Crippen molar-refractivity contribution in [2.75, 3.05) is 13.1 Å². The molecular weight excluding hydrogens is 305 g/mol. The molecule has 2 N–H and O–H groups in total. The van der Waals surface area contributed by atoms with Crippen molar-refractivity contribution in [3.05, 3.63) is 40.4 Å². The van der Waals surface area contributed by atoms with Gasteiger partial charge in [-0.2, -0.15) is 13.2 Å². The molecule has 0 aromatic heterocycles. The van der Waals surface area contributed by atoms with Crippen LogP contribution >= 0.6 is 11.6 Å². The molecule has 7 heteroatoms. The van der Waals surface area contributed by atoms with Gasteiger partial charge in [-0.05, 0) is 30.2 Å². The number of nitrogens with zero attached hydrogens (tertiary/aromatic N) is 1. The van der Waals surface area contributed by atoms with Crippen molar-refractivity contribution in [3.63, 3.8) is 0 Å². The number of alkyl halides is 3. The fourth-order valence-electron chi connectivity index (χ4n) is 2.12. The monoisotopic (exact) mass is 318 g/mol. The summed E-state index contributed by atoms with van der Waals surface area (Å²) in [5, 5.41) is -0.364. The number of rotatable bonds is 2. The molecule has 114 valence electrons. The maximum atomic E-state index is 12.7. The van der Waals surface area contributed by atoms with Crippen LogP contribution < -0.4 is 5.73 Å². The quantitative estimate of drug-likeness (QED) is 0.852. The second kappa shape index (κ2) is 6.07. The molecule has 1 aliphatic heterocycles. The van der Waals surface area contributed by atoms with Gasteiger partial charge in [0.25, 0.3) is 0 Å². The van der Waals surface area contributed by atoms with Gasteiger partial charge in [-0.15, -0.1) is 0 Å². The van der Waals surface area contributed by atoms with Crippen LogP contribution in [0.4, 0.5) is 13.2 Å². The summed E-state index contributed by atoms with van der Waals surface area (Å²) in [6, 6.07) is 3.48. The van der Waals surface area contributed by atoms with Gasteiger partial charge < -0.3 is 10.6 Å². The lowest BCUT2D eigenvalue weighted by Gasteiger charge is -2.13. The number of hydrogen-bond donors (Lipinski definition) is 1. The van der Waals surface area contributed by atoms with Crippen molar-refractivity contribution in [3.8, 4) is 0 Å². The molecule has 21 heavy (non-hydrogen) atoms. The summed E-state index contributed by atoms with van der Waals surface area (Å²) < 4.78 is 38.2. The molecule has 1 atom stereocenters. The number of halogens is 4. The largest absolute Gasteiger partial charge is 0.417 e. The van der Waals surface area contributed by atoms with E-state index in [4.69, 9.17) is 17.3 Å². The van der Waals surface area contributed by atoms with E-state index in [0.717, 1.165) is 12.5 Å². The summed E-state index contributed by atoms with van der Waals surface area (Å²) in [5.41, 5.74) is 5.05. The van der Waals surface area contributed by atoms with E-state index in [2.05, 4.69) is 0 Å². The number of carbonyl (C=O) groups excluding carboxylic acids is 1. The van der Waals surface area contributed by atoms with E-state index < -0.39 is 11.7 Å². The average Bonchev–Trinajstić information content (AvgIpc) is 2.83. The van der Waals surface area contributed by atoms with Crippen LogP contribution in [0.3, 0.4) is 0 Å². The zero-order chi connectivity index (χ0) is 15.6. The van der Waals surface area contributed by atoms with Crippen LogP contribution in [0, 0.1) is 0 Å². The van der Waals surface area contributed by atoms with Crippen molar-refractivity contribution >= 4 is 23.6 Å². The summed E-state index contributed by atoms with van der Waals surface area (Å²) in [6.45, 7) is 1.04. The van der Waals surface area contributed by atoms with Gasteiger partial charge in [0.1, 0.15) is 0 Å². The Morgan fingerprint density at radius 1 is 1.43 bits per heavy atom. The Morgan fingerprint density at radius 2 is 2.14 bits per heavy atom. The predicted molar refractivity (Wildman–Crippen MR) is 74.7 cm³/mol. The molecule has 3 nitrogen and oxygen atoms in total. The van der Waals surface area contributed by atoms with E-state index in [1.165, 1.54) is 24.3 Å². The molecule has 1 aromatic carbocycles. The Kier molecular flexibility index (Phi) is 4.58. The third kappa shape index (κ3) is 3.98. The third-order valence-electron chi connectivity index (χ3n) is 3.25. The summed E-state index contributed by atoms with van der Waals surface area (Å²) >= 11 is 5.53. The second-order valence-electron chi connectivity index (χ2n) is 4.90. The first-order chi connectivity index (χ1) is 9.77. The highest BCUT2D eigenvalue weighted by molar-refractivity contribution is 6.31. The molecular formula is C14H14ClF3N2O. The first kappa shape index (κ1) is 15.9. The smallest absolute Gasteiger partial charge is 0.338 e. The summed E-state index contributed by atoms with van der Waals surface area (Å²) in [4.78, 5) is 13.4. The fourth-order valence-corrected chi connectivity index (χ4v) is 2.35. The van der Waals surface area contributed by atoms with E-state index >= 15 is 0 Å². The number of carbonyl (C=O) groups is 1.